The van der Waals surface area contributed by atoms with Gasteiger partial charge in [-0.1, -0.05) is 20.8 Å². The summed E-state index contributed by atoms with van der Waals surface area (Å²) in [4.78, 5) is 19.4. The van der Waals surface area contributed by atoms with Crippen LogP contribution in [0.15, 0.2) is 12.4 Å². The van der Waals surface area contributed by atoms with Crippen molar-refractivity contribution in [3.8, 4) is 0 Å². The number of carbonyl (C=O) groups excluding carboxylic acids is 1. The summed E-state index contributed by atoms with van der Waals surface area (Å²) >= 11 is 0. The smallest absolute Gasteiger partial charge is 0.225 e. The van der Waals surface area contributed by atoms with E-state index < -0.39 is 0 Å². The van der Waals surface area contributed by atoms with Gasteiger partial charge < -0.3 is 5.32 Å². The van der Waals surface area contributed by atoms with Crippen LogP contribution < -0.4 is 5.32 Å². The van der Waals surface area contributed by atoms with Gasteiger partial charge in [0.05, 0.1) is 11.9 Å². The maximum atomic E-state index is 11.1. The summed E-state index contributed by atoms with van der Waals surface area (Å²) in [5, 5.41) is 2.67. The molecule has 1 heterocycles. The van der Waals surface area contributed by atoms with E-state index in [4.69, 9.17) is 0 Å². The molecular formula is C10H15N3O. The summed E-state index contributed by atoms with van der Waals surface area (Å²) in [7, 11) is 0. The van der Waals surface area contributed by atoms with E-state index in [9.17, 15) is 4.79 Å². The first kappa shape index (κ1) is 10.6. The van der Waals surface area contributed by atoms with Crippen LogP contribution in [0.1, 0.15) is 38.8 Å². The van der Waals surface area contributed by atoms with E-state index in [1.165, 1.54) is 0 Å². The first-order valence-electron chi connectivity index (χ1n) is 4.75. The van der Waals surface area contributed by atoms with Crippen LogP contribution >= 0.6 is 0 Å². The molecule has 0 bridgehead atoms. The molecule has 0 radical (unpaired) electrons. The molecule has 4 nitrogen and oxygen atoms in total. The number of carbonyl (C=O) groups is 1. The zero-order valence-corrected chi connectivity index (χ0v) is 8.74. The highest BCUT2D eigenvalue weighted by Crippen LogP contribution is 2.12. The third kappa shape index (κ3) is 2.80. The van der Waals surface area contributed by atoms with Crippen molar-refractivity contribution < 1.29 is 4.79 Å². The van der Waals surface area contributed by atoms with Gasteiger partial charge >= 0.3 is 0 Å². The minimum absolute atomic E-state index is 0.0415. The maximum Gasteiger partial charge on any atom is 0.225 e. The number of anilines is 1. The minimum Gasteiger partial charge on any atom is -0.309 e. The topological polar surface area (TPSA) is 54.9 Å². The molecular weight excluding hydrogens is 178 g/mol. The van der Waals surface area contributed by atoms with Crippen molar-refractivity contribution in [3.05, 3.63) is 18.1 Å². The van der Waals surface area contributed by atoms with E-state index in [1.54, 1.807) is 19.3 Å². The van der Waals surface area contributed by atoms with E-state index in [2.05, 4.69) is 15.3 Å². The molecule has 0 saturated carbocycles. The largest absolute Gasteiger partial charge is 0.309 e. The Balaban J connectivity index is 2.78. The maximum absolute atomic E-state index is 11.1. The number of hydrogen-bond acceptors (Lipinski definition) is 3. The molecule has 0 unspecified atom stereocenters. The molecule has 4 heteroatoms. The first-order valence-corrected chi connectivity index (χ1v) is 4.75. The summed E-state index contributed by atoms with van der Waals surface area (Å²) in [5.41, 5.74) is 0.888. The number of amides is 1. The van der Waals surface area contributed by atoms with E-state index in [0.717, 1.165) is 5.69 Å². The molecule has 1 aromatic rings. The lowest BCUT2D eigenvalue weighted by Crippen LogP contribution is -2.12. The Morgan fingerprint density at radius 2 is 2.21 bits per heavy atom. The molecule has 76 valence electrons. The molecule has 0 saturated heterocycles. The zero-order chi connectivity index (χ0) is 10.6. The van der Waals surface area contributed by atoms with Crippen molar-refractivity contribution in [2.24, 2.45) is 0 Å². The van der Waals surface area contributed by atoms with Crippen LogP contribution in [-0.2, 0) is 4.79 Å². The molecule has 0 aliphatic rings. The van der Waals surface area contributed by atoms with E-state index in [1.807, 2.05) is 13.8 Å². The fourth-order valence-electron chi connectivity index (χ4n) is 0.951. The lowest BCUT2D eigenvalue weighted by molar-refractivity contribution is -0.115. The Bertz CT molecular complexity index is 323. The normalized spacial score (nSPS) is 10.3. The molecule has 0 aliphatic carbocycles. The van der Waals surface area contributed by atoms with Gasteiger partial charge in [0.1, 0.15) is 0 Å². The fraction of sp³-hybridized carbons (Fsp3) is 0.500. The monoisotopic (exact) mass is 193 g/mol. The van der Waals surface area contributed by atoms with Gasteiger partial charge in [-0.05, 0) is 5.92 Å². The number of nitrogens with zero attached hydrogens (tertiary/aromatic N) is 2. The van der Waals surface area contributed by atoms with Gasteiger partial charge in [0.2, 0.25) is 5.91 Å². The number of rotatable bonds is 3. The Morgan fingerprint density at radius 3 is 2.79 bits per heavy atom. The van der Waals surface area contributed by atoms with Crippen molar-refractivity contribution in [1.82, 2.24) is 9.97 Å². The highest BCUT2D eigenvalue weighted by Gasteiger charge is 2.04. The van der Waals surface area contributed by atoms with Crippen LogP contribution in [0.25, 0.3) is 0 Å². The second-order valence-electron chi connectivity index (χ2n) is 3.39. The average Bonchev–Trinajstić information content (AvgIpc) is 2.18. The summed E-state index contributed by atoms with van der Waals surface area (Å²) in [6.45, 7) is 5.87. The second kappa shape index (κ2) is 4.69. The SMILES string of the molecule is CCC(=O)Nc1cncc(C(C)C)n1. The second-order valence-corrected chi connectivity index (χ2v) is 3.39. The van der Waals surface area contributed by atoms with Crippen molar-refractivity contribution >= 4 is 11.7 Å². The third-order valence-electron chi connectivity index (χ3n) is 1.83. The Hall–Kier alpha value is -1.45. The molecule has 1 aromatic heterocycles. The molecule has 0 fully saturated rings. The Kier molecular flexibility index (Phi) is 3.56. The molecule has 1 N–H and O–H groups in total. The first-order chi connectivity index (χ1) is 6.63. The van der Waals surface area contributed by atoms with Crippen molar-refractivity contribution in [3.63, 3.8) is 0 Å². The fourth-order valence-corrected chi connectivity index (χ4v) is 0.951. The molecule has 0 spiro atoms. The molecule has 1 amide bonds. The summed E-state index contributed by atoms with van der Waals surface area (Å²) in [6, 6.07) is 0. The third-order valence-corrected chi connectivity index (χ3v) is 1.83. The van der Waals surface area contributed by atoms with Gasteiger partial charge in [0.25, 0.3) is 0 Å². The number of nitrogens with one attached hydrogen (secondary N) is 1. The number of hydrogen-bond donors (Lipinski definition) is 1. The molecule has 14 heavy (non-hydrogen) atoms. The highest BCUT2D eigenvalue weighted by atomic mass is 16.1. The van der Waals surface area contributed by atoms with Crippen LogP contribution in [0.2, 0.25) is 0 Å². The van der Waals surface area contributed by atoms with Crippen LogP contribution in [0.5, 0.6) is 0 Å². The standard InChI is InChI=1S/C10H15N3O/c1-4-10(14)13-9-6-11-5-8(12-9)7(2)3/h5-7H,4H2,1-3H3,(H,12,13,14). The van der Waals surface area contributed by atoms with Gasteiger partial charge in [-0.25, -0.2) is 4.98 Å². The van der Waals surface area contributed by atoms with E-state index >= 15 is 0 Å². The van der Waals surface area contributed by atoms with Gasteiger partial charge in [0, 0.05) is 12.6 Å². The highest BCUT2D eigenvalue weighted by molar-refractivity contribution is 5.89. The van der Waals surface area contributed by atoms with Gasteiger partial charge in [0.15, 0.2) is 5.82 Å². The zero-order valence-electron chi connectivity index (χ0n) is 8.74. The number of aromatic nitrogens is 2. The summed E-state index contributed by atoms with van der Waals surface area (Å²) < 4.78 is 0. The molecule has 0 atom stereocenters. The Morgan fingerprint density at radius 1 is 1.50 bits per heavy atom. The summed E-state index contributed by atoms with van der Waals surface area (Å²) in [5.74, 6) is 0.809. The van der Waals surface area contributed by atoms with Crippen LogP contribution in [0.3, 0.4) is 0 Å². The van der Waals surface area contributed by atoms with Gasteiger partial charge in [-0.15, -0.1) is 0 Å². The van der Waals surface area contributed by atoms with Crippen molar-refractivity contribution in [2.45, 2.75) is 33.1 Å². The van der Waals surface area contributed by atoms with Crippen molar-refractivity contribution in [1.29, 1.82) is 0 Å². The predicted octanol–water partition coefficient (Wildman–Crippen LogP) is 1.95. The van der Waals surface area contributed by atoms with Crippen LogP contribution in [0, 0.1) is 0 Å². The average molecular weight is 193 g/mol. The van der Waals surface area contributed by atoms with E-state index in [0.29, 0.717) is 18.2 Å². The van der Waals surface area contributed by atoms with Crippen LogP contribution in [0.4, 0.5) is 5.82 Å². The van der Waals surface area contributed by atoms with Gasteiger partial charge in [-0.3, -0.25) is 9.78 Å². The lowest BCUT2D eigenvalue weighted by atomic mass is 10.1. The van der Waals surface area contributed by atoms with E-state index in [-0.39, 0.29) is 5.91 Å². The minimum atomic E-state index is -0.0415. The predicted molar refractivity (Wildman–Crippen MR) is 55.0 cm³/mol. The Labute approximate surface area is 83.8 Å². The molecule has 0 aromatic carbocycles. The molecule has 1 rings (SSSR count). The summed E-state index contributed by atoms with van der Waals surface area (Å²) in [6.07, 6.45) is 3.72. The molecule has 0 aliphatic heterocycles. The van der Waals surface area contributed by atoms with Crippen molar-refractivity contribution in [2.75, 3.05) is 5.32 Å². The van der Waals surface area contributed by atoms with Gasteiger partial charge in [-0.2, -0.15) is 0 Å². The lowest BCUT2D eigenvalue weighted by Gasteiger charge is -2.06. The quantitative estimate of drug-likeness (QED) is 0.798. The van der Waals surface area contributed by atoms with Crippen LogP contribution in [-0.4, -0.2) is 15.9 Å².